The fourth-order valence-electron chi connectivity index (χ4n) is 2.47. The molecular weight excluding hydrogens is 293 g/mol. The summed E-state index contributed by atoms with van der Waals surface area (Å²) in [5, 5.41) is 3.28. The van der Waals surface area contributed by atoms with Crippen molar-refractivity contribution in [3.63, 3.8) is 0 Å². The molecule has 0 unspecified atom stereocenters. The Kier molecular flexibility index (Phi) is 8.50. The highest BCUT2D eigenvalue weighted by atomic mass is 35.5. The van der Waals surface area contributed by atoms with Crippen LogP contribution in [0, 0.1) is 11.6 Å². The van der Waals surface area contributed by atoms with Gasteiger partial charge < -0.3 is 5.32 Å². The van der Waals surface area contributed by atoms with E-state index >= 15 is 0 Å². The molecule has 0 saturated carbocycles. The third kappa shape index (κ3) is 4.88. The summed E-state index contributed by atoms with van der Waals surface area (Å²) in [6, 6.07) is 3.93. The molecule has 0 radical (unpaired) electrons. The SMILES string of the molecule is CC[C@H](c1cc(F)cc(F)c1)N1CCNCC1.Cl.Cl. The first-order valence-corrected chi connectivity index (χ1v) is 6.11. The Balaban J connectivity index is 0.00000162. The minimum atomic E-state index is -0.492. The third-order valence-electron chi connectivity index (χ3n) is 3.25. The van der Waals surface area contributed by atoms with Crippen molar-refractivity contribution < 1.29 is 8.78 Å². The number of piperazine rings is 1. The lowest BCUT2D eigenvalue weighted by atomic mass is 10.0. The zero-order valence-corrected chi connectivity index (χ0v) is 12.5. The van der Waals surface area contributed by atoms with Crippen molar-refractivity contribution in [3.8, 4) is 0 Å². The topological polar surface area (TPSA) is 15.3 Å². The maximum Gasteiger partial charge on any atom is 0.126 e. The molecule has 1 N–H and O–H groups in total. The molecular formula is C13H20Cl2F2N2. The van der Waals surface area contributed by atoms with E-state index in [0.29, 0.717) is 0 Å². The van der Waals surface area contributed by atoms with Crippen LogP contribution in [0.1, 0.15) is 24.9 Å². The highest BCUT2D eigenvalue weighted by Crippen LogP contribution is 2.25. The van der Waals surface area contributed by atoms with Crippen molar-refractivity contribution >= 4 is 24.8 Å². The number of nitrogens with one attached hydrogen (secondary N) is 1. The van der Waals surface area contributed by atoms with Gasteiger partial charge in [0.05, 0.1) is 0 Å². The van der Waals surface area contributed by atoms with Crippen LogP contribution in [0.5, 0.6) is 0 Å². The van der Waals surface area contributed by atoms with E-state index in [1.165, 1.54) is 12.1 Å². The molecule has 19 heavy (non-hydrogen) atoms. The van der Waals surface area contributed by atoms with Crippen molar-refractivity contribution in [1.29, 1.82) is 0 Å². The van der Waals surface area contributed by atoms with Crippen LogP contribution in [0.4, 0.5) is 8.78 Å². The lowest BCUT2D eigenvalue weighted by Crippen LogP contribution is -2.45. The molecule has 110 valence electrons. The molecule has 1 aromatic carbocycles. The molecule has 6 heteroatoms. The Bertz CT molecular complexity index is 365. The predicted octanol–water partition coefficient (Wildman–Crippen LogP) is 3.16. The lowest BCUT2D eigenvalue weighted by Gasteiger charge is -2.34. The molecule has 2 nitrogen and oxygen atoms in total. The monoisotopic (exact) mass is 312 g/mol. The predicted molar refractivity (Wildman–Crippen MR) is 78.3 cm³/mol. The Hall–Kier alpha value is -0.420. The highest BCUT2D eigenvalue weighted by molar-refractivity contribution is 5.85. The van der Waals surface area contributed by atoms with E-state index in [9.17, 15) is 8.78 Å². The number of halogens is 4. The van der Waals surface area contributed by atoms with Crippen LogP contribution in [0.25, 0.3) is 0 Å². The third-order valence-corrected chi connectivity index (χ3v) is 3.25. The summed E-state index contributed by atoms with van der Waals surface area (Å²) in [5.41, 5.74) is 0.743. The zero-order valence-electron chi connectivity index (χ0n) is 10.9. The smallest absolute Gasteiger partial charge is 0.126 e. The van der Waals surface area contributed by atoms with E-state index in [0.717, 1.165) is 44.2 Å². The van der Waals surface area contributed by atoms with E-state index < -0.39 is 11.6 Å². The number of rotatable bonds is 3. The van der Waals surface area contributed by atoms with Crippen LogP contribution < -0.4 is 5.32 Å². The number of hydrogen-bond acceptors (Lipinski definition) is 2. The van der Waals surface area contributed by atoms with E-state index in [4.69, 9.17) is 0 Å². The summed E-state index contributed by atoms with van der Waals surface area (Å²) >= 11 is 0. The fraction of sp³-hybridized carbons (Fsp3) is 0.538. The molecule has 1 saturated heterocycles. The van der Waals surface area contributed by atoms with Crippen molar-refractivity contribution in [2.45, 2.75) is 19.4 Å². The first kappa shape index (κ1) is 18.6. The molecule has 1 aliphatic heterocycles. The van der Waals surface area contributed by atoms with Gasteiger partial charge in [-0.3, -0.25) is 4.90 Å². The van der Waals surface area contributed by atoms with Gasteiger partial charge in [-0.25, -0.2) is 8.78 Å². The Morgan fingerprint density at radius 3 is 2.11 bits per heavy atom. The molecule has 2 rings (SSSR count). The second kappa shape index (κ2) is 8.69. The largest absolute Gasteiger partial charge is 0.314 e. The maximum atomic E-state index is 13.2. The van der Waals surface area contributed by atoms with Gasteiger partial charge in [-0.2, -0.15) is 0 Å². The Labute approximate surface area is 125 Å². The van der Waals surface area contributed by atoms with Crippen LogP contribution in [-0.4, -0.2) is 31.1 Å². The van der Waals surface area contributed by atoms with E-state index in [2.05, 4.69) is 17.1 Å². The fourth-order valence-corrected chi connectivity index (χ4v) is 2.47. The second-order valence-corrected chi connectivity index (χ2v) is 4.41. The Morgan fingerprint density at radius 2 is 1.63 bits per heavy atom. The van der Waals surface area contributed by atoms with Crippen LogP contribution in [0.2, 0.25) is 0 Å². The normalized spacial score (nSPS) is 17.2. The van der Waals surface area contributed by atoms with Gasteiger partial charge in [-0.05, 0) is 24.1 Å². The van der Waals surface area contributed by atoms with Crippen LogP contribution in [0.15, 0.2) is 18.2 Å². The second-order valence-electron chi connectivity index (χ2n) is 4.41. The summed E-state index contributed by atoms with van der Waals surface area (Å²) in [6.45, 7) is 5.78. The molecule has 1 fully saturated rings. The van der Waals surface area contributed by atoms with Gasteiger partial charge in [0.1, 0.15) is 11.6 Å². The molecule has 1 aromatic rings. The number of hydrogen-bond donors (Lipinski definition) is 1. The first-order valence-electron chi connectivity index (χ1n) is 6.11. The van der Waals surface area contributed by atoms with Gasteiger partial charge in [0.15, 0.2) is 0 Å². The molecule has 0 spiro atoms. The quantitative estimate of drug-likeness (QED) is 0.922. The molecule has 1 heterocycles. The van der Waals surface area contributed by atoms with Gasteiger partial charge in [-0.15, -0.1) is 24.8 Å². The zero-order chi connectivity index (χ0) is 12.3. The maximum absolute atomic E-state index is 13.2. The van der Waals surface area contributed by atoms with Crippen LogP contribution in [0.3, 0.4) is 0 Å². The minimum Gasteiger partial charge on any atom is -0.314 e. The van der Waals surface area contributed by atoms with E-state index in [1.54, 1.807) is 0 Å². The van der Waals surface area contributed by atoms with Crippen LogP contribution >= 0.6 is 24.8 Å². The van der Waals surface area contributed by atoms with Gasteiger partial charge in [0, 0.05) is 38.3 Å². The molecule has 0 bridgehead atoms. The minimum absolute atomic E-state index is 0. The van der Waals surface area contributed by atoms with E-state index in [-0.39, 0.29) is 30.9 Å². The van der Waals surface area contributed by atoms with Crippen molar-refractivity contribution in [2.24, 2.45) is 0 Å². The van der Waals surface area contributed by atoms with Gasteiger partial charge in [0.2, 0.25) is 0 Å². The van der Waals surface area contributed by atoms with Crippen molar-refractivity contribution in [1.82, 2.24) is 10.2 Å². The summed E-state index contributed by atoms with van der Waals surface area (Å²) in [7, 11) is 0. The molecule has 0 aromatic heterocycles. The molecule has 1 atom stereocenters. The summed E-state index contributed by atoms with van der Waals surface area (Å²) in [4.78, 5) is 2.28. The number of benzene rings is 1. The summed E-state index contributed by atoms with van der Waals surface area (Å²) < 4.78 is 26.4. The van der Waals surface area contributed by atoms with Gasteiger partial charge in [-0.1, -0.05) is 6.92 Å². The summed E-state index contributed by atoms with van der Waals surface area (Å²) in [5.74, 6) is -0.984. The average Bonchev–Trinajstić information content (AvgIpc) is 2.30. The van der Waals surface area contributed by atoms with Crippen molar-refractivity contribution in [3.05, 3.63) is 35.4 Å². The van der Waals surface area contributed by atoms with Gasteiger partial charge in [0.25, 0.3) is 0 Å². The molecule has 0 amide bonds. The lowest BCUT2D eigenvalue weighted by molar-refractivity contribution is 0.169. The average molecular weight is 313 g/mol. The molecule has 0 aliphatic carbocycles. The number of nitrogens with zero attached hydrogens (tertiary/aromatic N) is 1. The van der Waals surface area contributed by atoms with Crippen molar-refractivity contribution in [2.75, 3.05) is 26.2 Å². The highest BCUT2D eigenvalue weighted by Gasteiger charge is 2.21. The van der Waals surface area contributed by atoms with E-state index in [1.807, 2.05) is 0 Å². The molecule has 1 aliphatic rings. The van der Waals surface area contributed by atoms with Gasteiger partial charge >= 0.3 is 0 Å². The van der Waals surface area contributed by atoms with Crippen LogP contribution in [-0.2, 0) is 0 Å². The Morgan fingerprint density at radius 1 is 1.11 bits per heavy atom. The first-order chi connectivity index (χ1) is 8.20. The summed E-state index contributed by atoms with van der Waals surface area (Å²) in [6.07, 6.45) is 0.864. The standard InChI is InChI=1S/C13H18F2N2.2ClH/c1-2-13(17-5-3-16-4-6-17)10-7-11(14)9-12(15)8-10;;/h7-9,13,16H,2-6H2,1H3;2*1H/t13-;;/m1../s1.